The lowest BCUT2D eigenvalue weighted by Gasteiger charge is -2.07. The van der Waals surface area contributed by atoms with Crippen molar-refractivity contribution in [3.05, 3.63) is 47.4 Å². The van der Waals surface area contributed by atoms with E-state index in [1.54, 1.807) is 18.4 Å². The van der Waals surface area contributed by atoms with Crippen molar-refractivity contribution in [1.29, 1.82) is 0 Å². The number of primary sulfonamides is 1. The van der Waals surface area contributed by atoms with Gasteiger partial charge in [-0.1, -0.05) is 11.6 Å². The quantitative estimate of drug-likeness (QED) is 0.902. The predicted molar refractivity (Wildman–Crippen MR) is 68.9 cm³/mol. The summed E-state index contributed by atoms with van der Waals surface area (Å²) in [6.07, 6.45) is 1.58. The number of halogens is 1. The van der Waals surface area contributed by atoms with E-state index in [0.717, 1.165) is 5.76 Å². The first-order valence-electron chi connectivity index (χ1n) is 5.05. The third-order valence-corrected chi connectivity index (χ3v) is 3.68. The summed E-state index contributed by atoms with van der Waals surface area (Å²) < 4.78 is 27.5. The van der Waals surface area contributed by atoms with Gasteiger partial charge in [-0.2, -0.15) is 0 Å². The molecule has 3 N–H and O–H groups in total. The van der Waals surface area contributed by atoms with Crippen LogP contribution in [0.15, 0.2) is 45.9 Å². The van der Waals surface area contributed by atoms with Gasteiger partial charge < -0.3 is 9.73 Å². The van der Waals surface area contributed by atoms with Gasteiger partial charge in [-0.3, -0.25) is 0 Å². The molecule has 1 aromatic carbocycles. The molecule has 0 saturated carbocycles. The first-order valence-corrected chi connectivity index (χ1v) is 6.98. The van der Waals surface area contributed by atoms with Crippen LogP contribution in [0.25, 0.3) is 0 Å². The molecule has 0 radical (unpaired) electrons. The summed E-state index contributed by atoms with van der Waals surface area (Å²) in [5.74, 6) is 0.765. The monoisotopic (exact) mass is 286 g/mol. The fourth-order valence-corrected chi connectivity index (χ4v) is 2.54. The molecule has 0 spiro atoms. The Kier molecular flexibility index (Phi) is 3.60. The molecule has 2 rings (SSSR count). The second kappa shape index (κ2) is 5.01. The lowest BCUT2D eigenvalue weighted by Crippen LogP contribution is -2.12. The van der Waals surface area contributed by atoms with Crippen molar-refractivity contribution in [3.63, 3.8) is 0 Å². The summed E-state index contributed by atoms with van der Waals surface area (Å²) in [5.41, 5.74) is 0.684. The Hall–Kier alpha value is -1.50. The van der Waals surface area contributed by atoms with Gasteiger partial charge in [-0.25, -0.2) is 13.6 Å². The normalized spacial score (nSPS) is 11.4. The molecule has 0 unspecified atom stereocenters. The highest BCUT2D eigenvalue weighted by atomic mass is 35.5. The van der Waals surface area contributed by atoms with E-state index < -0.39 is 10.0 Å². The second-order valence-corrected chi connectivity index (χ2v) is 5.56. The van der Waals surface area contributed by atoms with Gasteiger partial charge in [0.25, 0.3) is 0 Å². The molecule has 0 aliphatic heterocycles. The van der Waals surface area contributed by atoms with E-state index >= 15 is 0 Å². The van der Waals surface area contributed by atoms with Gasteiger partial charge in [-0.15, -0.1) is 0 Å². The molecule has 0 amide bonds. The fourth-order valence-electron chi connectivity index (χ4n) is 1.44. The number of hydrogen-bond acceptors (Lipinski definition) is 4. The Labute approximate surface area is 110 Å². The van der Waals surface area contributed by atoms with Crippen LogP contribution in [0.3, 0.4) is 0 Å². The molecule has 0 aliphatic carbocycles. The van der Waals surface area contributed by atoms with Gasteiger partial charge in [0, 0.05) is 5.69 Å². The van der Waals surface area contributed by atoms with Crippen LogP contribution < -0.4 is 10.5 Å². The SMILES string of the molecule is NS(=O)(=O)c1ccc(NCc2ccco2)cc1Cl. The van der Waals surface area contributed by atoms with E-state index in [0.29, 0.717) is 12.2 Å². The summed E-state index contributed by atoms with van der Waals surface area (Å²) in [7, 11) is -3.79. The highest BCUT2D eigenvalue weighted by Gasteiger charge is 2.12. The molecule has 7 heteroatoms. The summed E-state index contributed by atoms with van der Waals surface area (Å²) in [5, 5.41) is 8.15. The van der Waals surface area contributed by atoms with Crippen molar-refractivity contribution < 1.29 is 12.8 Å². The summed E-state index contributed by atoms with van der Waals surface area (Å²) >= 11 is 5.85. The van der Waals surface area contributed by atoms with E-state index in [1.807, 2.05) is 6.07 Å². The Morgan fingerprint density at radius 2 is 2.11 bits per heavy atom. The zero-order chi connectivity index (χ0) is 13.2. The highest BCUT2D eigenvalue weighted by molar-refractivity contribution is 7.89. The number of sulfonamides is 1. The molecule has 0 atom stereocenters. The van der Waals surface area contributed by atoms with Crippen molar-refractivity contribution in [2.24, 2.45) is 5.14 Å². The van der Waals surface area contributed by atoms with Gasteiger partial charge in [0.05, 0.1) is 17.8 Å². The lowest BCUT2D eigenvalue weighted by atomic mass is 10.3. The van der Waals surface area contributed by atoms with E-state index in [2.05, 4.69) is 5.32 Å². The van der Waals surface area contributed by atoms with Crippen LogP contribution in [0.4, 0.5) is 5.69 Å². The van der Waals surface area contributed by atoms with Gasteiger partial charge in [0.15, 0.2) is 0 Å². The number of nitrogens with two attached hydrogens (primary N) is 1. The molecule has 1 heterocycles. The van der Waals surface area contributed by atoms with E-state index in [4.69, 9.17) is 21.2 Å². The number of hydrogen-bond donors (Lipinski definition) is 2. The van der Waals surface area contributed by atoms with Crippen LogP contribution in [0.1, 0.15) is 5.76 Å². The number of nitrogens with one attached hydrogen (secondary N) is 1. The minimum atomic E-state index is -3.79. The van der Waals surface area contributed by atoms with Crippen LogP contribution >= 0.6 is 11.6 Å². The first-order chi connectivity index (χ1) is 8.47. The van der Waals surface area contributed by atoms with E-state index in [1.165, 1.54) is 12.1 Å². The first kappa shape index (κ1) is 12.9. The Balaban J connectivity index is 2.14. The van der Waals surface area contributed by atoms with Crippen molar-refractivity contribution in [2.45, 2.75) is 11.4 Å². The maximum Gasteiger partial charge on any atom is 0.239 e. The molecular formula is C11H11ClN2O3S. The minimum absolute atomic E-state index is 0.0851. The maximum absolute atomic E-state index is 11.2. The molecule has 2 aromatic rings. The molecule has 0 saturated heterocycles. The zero-order valence-corrected chi connectivity index (χ0v) is 10.8. The maximum atomic E-state index is 11.2. The van der Waals surface area contributed by atoms with Gasteiger partial charge in [0.2, 0.25) is 10.0 Å². The van der Waals surface area contributed by atoms with Crippen LogP contribution in [0.2, 0.25) is 5.02 Å². The van der Waals surface area contributed by atoms with Crippen molar-refractivity contribution in [3.8, 4) is 0 Å². The zero-order valence-electron chi connectivity index (χ0n) is 9.26. The Morgan fingerprint density at radius 1 is 1.33 bits per heavy atom. The fraction of sp³-hybridized carbons (Fsp3) is 0.0909. The van der Waals surface area contributed by atoms with Crippen molar-refractivity contribution in [1.82, 2.24) is 0 Å². The van der Waals surface area contributed by atoms with Gasteiger partial charge in [0.1, 0.15) is 10.7 Å². The number of benzene rings is 1. The lowest BCUT2D eigenvalue weighted by molar-refractivity contribution is 0.518. The predicted octanol–water partition coefficient (Wildman–Crippen LogP) is 2.19. The molecule has 0 aliphatic rings. The molecule has 0 bridgehead atoms. The molecule has 18 heavy (non-hydrogen) atoms. The number of rotatable bonds is 4. The third kappa shape index (κ3) is 3.04. The molecular weight excluding hydrogens is 276 g/mol. The smallest absolute Gasteiger partial charge is 0.239 e. The van der Waals surface area contributed by atoms with E-state index in [-0.39, 0.29) is 9.92 Å². The van der Waals surface area contributed by atoms with E-state index in [9.17, 15) is 8.42 Å². The molecule has 5 nitrogen and oxygen atoms in total. The molecule has 96 valence electrons. The topological polar surface area (TPSA) is 85.3 Å². The van der Waals surface area contributed by atoms with Crippen LogP contribution in [0.5, 0.6) is 0 Å². The van der Waals surface area contributed by atoms with Crippen LogP contribution in [0, 0.1) is 0 Å². The minimum Gasteiger partial charge on any atom is -0.467 e. The Morgan fingerprint density at radius 3 is 2.67 bits per heavy atom. The standard InChI is InChI=1S/C11H11ClN2O3S/c12-10-6-8(3-4-11(10)18(13,15)16)14-7-9-2-1-5-17-9/h1-6,14H,7H2,(H2,13,15,16). The van der Waals surface area contributed by atoms with Crippen LogP contribution in [-0.4, -0.2) is 8.42 Å². The Bertz CT molecular complexity index is 638. The average molecular weight is 287 g/mol. The van der Waals surface area contributed by atoms with Crippen molar-refractivity contribution >= 4 is 27.3 Å². The van der Waals surface area contributed by atoms with Gasteiger partial charge >= 0.3 is 0 Å². The van der Waals surface area contributed by atoms with Crippen LogP contribution in [-0.2, 0) is 16.6 Å². The third-order valence-electron chi connectivity index (χ3n) is 2.29. The summed E-state index contributed by atoms with van der Waals surface area (Å²) in [6, 6.07) is 8.07. The highest BCUT2D eigenvalue weighted by Crippen LogP contribution is 2.24. The summed E-state index contributed by atoms with van der Waals surface area (Å²) in [6.45, 7) is 0.484. The van der Waals surface area contributed by atoms with Crippen molar-refractivity contribution in [2.75, 3.05) is 5.32 Å². The summed E-state index contributed by atoms with van der Waals surface area (Å²) in [4.78, 5) is -0.0901. The number of furan rings is 1. The molecule has 0 fully saturated rings. The van der Waals surface area contributed by atoms with Gasteiger partial charge in [-0.05, 0) is 30.3 Å². The number of anilines is 1. The molecule has 1 aromatic heterocycles. The average Bonchev–Trinajstić information content (AvgIpc) is 2.77. The largest absolute Gasteiger partial charge is 0.467 e. The second-order valence-electron chi connectivity index (χ2n) is 3.62.